The second-order valence-electron chi connectivity index (χ2n) is 9.63. The van der Waals surface area contributed by atoms with Crippen LogP contribution in [0.15, 0.2) is 72.8 Å². The number of carbonyl (C=O) groups is 1. The number of carbonyl (C=O) groups excluding carboxylic acids is 1. The molecule has 0 spiro atoms. The Balaban J connectivity index is 1.20. The number of anilines is 2. The van der Waals surface area contributed by atoms with Crippen molar-refractivity contribution in [2.75, 3.05) is 57.7 Å². The standard InChI is InChI=1S/C31H33N5O5/c1-39-25-9-7-23(8-10-25)32-31(38)27-11-12-30(34-33-27)36-15-13-35(14-16-36)20-26-28(40-2)18-22(19-29(26)41-3)21-5-4-6-24(37)17-21/h4-12,17-19,37H,13-16,20H2,1-3H3,(H,32,38). The predicted octanol–water partition coefficient (Wildman–Crippen LogP) is 4.45. The van der Waals surface area contributed by atoms with Crippen molar-refractivity contribution >= 4 is 17.4 Å². The quantitative estimate of drug-likeness (QED) is 0.310. The maximum absolute atomic E-state index is 12.6. The first-order chi connectivity index (χ1) is 20.0. The van der Waals surface area contributed by atoms with Crippen LogP contribution in [0.3, 0.4) is 0 Å². The molecule has 1 aromatic heterocycles. The lowest BCUT2D eigenvalue weighted by molar-refractivity contribution is 0.102. The van der Waals surface area contributed by atoms with Gasteiger partial charge in [0.15, 0.2) is 11.5 Å². The van der Waals surface area contributed by atoms with Crippen LogP contribution in [0.5, 0.6) is 23.0 Å². The smallest absolute Gasteiger partial charge is 0.276 e. The highest BCUT2D eigenvalue weighted by atomic mass is 16.5. The largest absolute Gasteiger partial charge is 0.508 e. The monoisotopic (exact) mass is 555 g/mol. The lowest BCUT2D eigenvalue weighted by Gasteiger charge is -2.35. The molecule has 0 unspecified atom stereocenters. The molecule has 1 amide bonds. The van der Waals surface area contributed by atoms with Crippen LogP contribution in [0, 0.1) is 0 Å². The SMILES string of the molecule is COc1ccc(NC(=O)c2ccc(N3CCN(Cc4c(OC)cc(-c5cccc(O)c5)cc4OC)CC3)nn2)cc1. The zero-order valence-electron chi connectivity index (χ0n) is 23.3. The third-order valence-electron chi connectivity index (χ3n) is 7.10. The van der Waals surface area contributed by atoms with Gasteiger partial charge in [0.2, 0.25) is 0 Å². The minimum absolute atomic E-state index is 0.207. The molecule has 10 nitrogen and oxygen atoms in total. The summed E-state index contributed by atoms with van der Waals surface area (Å²) in [6, 6.07) is 21.7. The molecule has 1 saturated heterocycles. The number of piperazine rings is 1. The van der Waals surface area contributed by atoms with Gasteiger partial charge in [-0.15, -0.1) is 10.2 Å². The second-order valence-corrected chi connectivity index (χ2v) is 9.63. The van der Waals surface area contributed by atoms with E-state index in [9.17, 15) is 9.90 Å². The lowest BCUT2D eigenvalue weighted by atomic mass is 10.0. The maximum atomic E-state index is 12.6. The van der Waals surface area contributed by atoms with Crippen LogP contribution >= 0.6 is 0 Å². The van der Waals surface area contributed by atoms with E-state index in [1.54, 1.807) is 63.8 Å². The number of amides is 1. The molecule has 2 heterocycles. The van der Waals surface area contributed by atoms with Crippen LogP contribution in [0.4, 0.5) is 11.5 Å². The predicted molar refractivity (Wildman–Crippen MR) is 157 cm³/mol. The molecule has 1 aliphatic rings. The zero-order chi connectivity index (χ0) is 28.8. The Morgan fingerprint density at radius 3 is 2.12 bits per heavy atom. The minimum atomic E-state index is -0.322. The average molecular weight is 556 g/mol. The molecule has 0 radical (unpaired) electrons. The molecule has 41 heavy (non-hydrogen) atoms. The number of phenolic OH excluding ortho intramolecular Hbond substituents is 1. The van der Waals surface area contributed by atoms with Crippen LogP contribution in [0.2, 0.25) is 0 Å². The third kappa shape index (κ3) is 6.50. The Bertz CT molecular complexity index is 1460. The molecule has 4 aromatic rings. The summed E-state index contributed by atoms with van der Waals surface area (Å²) >= 11 is 0. The van der Waals surface area contributed by atoms with Crippen molar-refractivity contribution in [3.63, 3.8) is 0 Å². The molecule has 2 N–H and O–H groups in total. The van der Waals surface area contributed by atoms with Gasteiger partial charge in [0.1, 0.15) is 23.0 Å². The van der Waals surface area contributed by atoms with E-state index in [-0.39, 0.29) is 17.4 Å². The van der Waals surface area contributed by atoms with E-state index < -0.39 is 0 Å². The van der Waals surface area contributed by atoms with E-state index in [0.29, 0.717) is 18.0 Å². The number of phenols is 1. The zero-order valence-corrected chi connectivity index (χ0v) is 23.3. The van der Waals surface area contributed by atoms with Crippen molar-refractivity contribution in [2.45, 2.75) is 6.54 Å². The summed E-state index contributed by atoms with van der Waals surface area (Å²) in [5.74, 6) is 2.80. The number of aromatic hydroxyl groups is 1. The van der Waals surface area contributed by atoms with Gasteiger partial charge in [-0.25, -0.2) is 0 Å². The number of hydrogen-bond acceptors (Lipinski definition) is 9. The van der Waals surface area contributed by atoms with Gasteiger partial charge in [-0.2, -0.15) is 0 Å². The molecule has 0 bridgehead atoms. The number of benzene rings is 3. The summed E-state index contributed by atoms with van der Waals surface area (Å²) < 4.78 is 16.7. The van der Waals surface area contributed by atoms with Gasteiger partial charge in [-0.05, 0) is 71.8 Å². The number of hydrogen-bond donors (Lipinski definition) is 2. The number of ether oxygens (including phenoxy) is 3. The van der Waals surface area contributed by atoms with Crippen LogP contribution < -0.4 is 24.4 Å². The van der Waals surface area contributed by atoms with Gasteiger partial charge in [0.05, 0.1) is 26.9 Å². The average Bonchev–Trinajstić information content (AvgIpc) is 3.02. The van der Waals surface area contributed by atoms with Crippen molar-refractivity contribution in [2.24, 2.45) is 0 Å². The molecular weight excluding hydrogens is 522 g/mol. The molecule has 10 heteroatoms. The van der Waals surface area contributed by atoms with Gasteiger partial charge in [0.25, 0.3) is 5.91 Å². The first kappa shape index (κ1) is 27.7. The number of rotatable bonds is 9. The Kier molecular flexibility index (Phi) is 8.50. The van der Waals surface area contributed by atoms with Crippen molar-refractivity contribution in [3.05, 3.63) is 84.1 Å². The van der Waals surface area contributed by atoms with Crippen molar-refractivity contribution < 1.29 is 24.1 Å². The first-order valence-corrected chi connectivity index (χ1v) is 13.3. The molecule has 3 aromatic carbocycles. The molecule has 0 saturated carbocycles. The Morgan fingerprint density at radius 2 is 1.54 bits per heavy atom. The number of aromatic nitrogens is 2. The number of nitrogens with zero attached hydrogens (tertiary/aromatic N) is 4. The summed E-state index contributed by atoms with van der Waals surface area (Å²) in [5.41, 5.74) is 3.66. The molecular formula is C31H33N5O5. The van der Waals surface area contributed by atoms with Gasteiger partial charge in [-0.1, -0.05) is 12.1 Å². The molecule has 0 aliphatic carbocycles. The molecule has 212 valence electrons. The van der Waals surface area contributed by atoms with E-state index >= 15 is 0 Å². The van der Waals surface area contributed by atoms with E-state index in [0.717, 1.165) is 60.2 Å². The molecule has 0 atom stereocenters. The summed E-state index contributed by atoms with van der Waals surface area (Å²) in [5, 5.41) is 21.2. The van der Waals surface area contributed by atoms with Gasteiger partial charge >= 0.3 is 0 Å². The van der Waals surface area contributed by atoms with Gasteiger partial charge < -0.3 is 29.5 Å². The van der Waals surface area contributed by atoms with Crippen LogP contribution in [0.25, 0.3) is 11.1 Å². The Hall–Kier alpha value is -4.83. The summed E-state index contributed by atoms with van der Waals surface area (Å²) in [7, 11) is 4.90. The highest BCUT2D eigenvalue weighted by molar-refractivity contribution is 6.02. The van der Waals surface area contributed by atoms with Crippen LogP contribution in [-0.4, -0.2) is 73.6 Å². The number of methoxy groups -OCH3 is 3. The van der Waals surface area contributed by atoms with E-state index in [1.807, 2.05) is 30.3 Å². The maximum Gasteiger partial charge on any atom is 0.276 e. The summed E-state index contributed by atoms with van der Waals surface area (Å²) in [6.45, 7) is 3.80. The summed E-state index contributed by atoms with van der Waals surface area (Å²) in [6.07, 6.45) is 0. The van der Waals surface area contributed by atoms with Gasteiger partial charge in [0, 0.05) is 38.4 Å². The first-order valence-electron chi connectivity index (χ1n) is 13.3. The number of nitrogens with one attached hydrogen (secondary N) is 1. The highest BCUT2D eigenvalue weighted by Crippen LogP contribution is 2.37. The molecule has 1 aliphatic heterocycles. The van der Waals surface area contributed by atoms with E-state index in [1.165, 1.54) is 0 Å². The van der Waals surface area contributed by atoms with Crippen LogP contribution in [0.1, 0.15) is 16.1 Å². The highest BCUT2D eigenvalue weighted by Gasteiger charge is 2.22. The minimum Gasteiger partial charge on any atom is -0.508 e. The Labute approximate surface area is 239 Å². The Morgan fingerprint density at radius 1 is 0.829 bits per heavy atom. The van der Waals surface area contributed by atoms with Crippen molar-refractivity contribution in [1.29, 1.82) is 0 Å². The molecule has 5 rings (SSSR count). The summed E-state index contributed by atoms with van der Waals surface area (Å²) in [4.78, 5) is 17.1. The lowest BCUT2D eigenvalue weighted by Crippen LogP contribution is -2.46. The van der Waals surface area contributed by atoms with Crippen LogP contribution in [-0.2, 0) is 6.54 Å². The van der Waals surface area contributed by atoms with Crippen molar-refractivity contribution in [3.8, 4) is 34.1 Å². The third-order valence-corrected chi connectivity index (χ3v) is 7.10. The fraction of sp³-hybridized carbons (Fsp3) is 0.258. The van der Waals surface area contributed by atoms with E-state index in [4.69, 9.17) is 14.2 Å². The van der Waals surface area contributed by atoms with Gasteiger partial charge in [-0.3, -0.25) is 9.69 Å². The fourth-order valence-corrected chi connectivity index (χ4v) is 4.84. The van der Waals surface area contributed by atoms with E-state index in [2.05, 4.69) is 25.3 Å². The fourth-order valence-electron chi connectivity index (χ4n) is 4.84. The molecule has 1 fully saturated rings. The second kappa shape index (κ2) is 12.6. The van der Waals surface area contributed by atoms with Crippen molar-refractivity contribution in [1.82, 2.24) is 15.1 Å². The normalized spacial score (nSPS) is 13.5. The topological polar surface area (TPSA) is 109 Å².